The molecule has 0 radical (unpaired) electrons. The lowest BCUT2D eigenvalue weighted by Crippen LogP contribution is -2.56. The van der Waals surface area contributed by atoms with E-state index in [4.69, 9.17) is 30.8 Å². The van der Waals surface area contributed by atoms with Crippen molar-refractivity contribution in [3.63, 3.8) is 0 Å². The van der Waals surface area contributed by atoms with Gasteiger partial charge in [0.1, 0.15) is 18.4 Å². The average molecular weight is 320 g/mol. The van der Waals surface area contributed by atoms with Crippen LogP contribution in [0.1, 0.15) is 6.42 Å². The number of rotatable bonds is 7. The van der Waals surface area contributed by atoms with Crippen molar-refractivity contribution in [1.82, 2.24) is 10.4 Å². The Labute approximate surface area is 120 Å². The molecule has 0 saturated carbocycles. The summed E-state index contributed by atoms with van der Waals surface area (Å²) >= 11 is 0. The summed E-state index contributed by atoms with van der Waals surface area (Å²) in [5.41, 5.74) is 12.1. The highest BCUT2D eigenvalue weighted by Gasteiger charge is 2.43. The van der Waals surface area contributed by atoms with Gasteiger partial charge < -0.3 is 25.6 Å². The number of ether oxygens (including phenoxy) is 1. The zero-order valence-corrected chi connectivity index (χ0v) is 11.9. The molecule has 2 heterocycles. The normalized spacial score (nSPS) is 24.4. The third-order valence-corrected chi connectivity index (χ3v) is 3.10. The SMILES string of the molecule is NC1=NC2(N)C(=CN1)N=CN2OCCCOCP(=O)(O)O. The molecule has 0 saturated heterocycles. The zero-order chi connectivity index (χ0) is 15.5. The molecular formula is C9H17N6O5P. The second-order valence-electron chi connectivity index (χ2n) is 4.36. The Bertz CT molecular complexity index is 531. The minimum absolute atomic E-state index is 0.142. The summed E-state index contributed by atoms with van der Waals surface area (Å²) in [6.07, 6.45) is 2.72. The van der Waals surface area contributed by atoms with Gasteiger partial charge in [-0.25, -0.2) is 9.98 Å². The molecule has 0 aromatic rings. The van der Waals surface area contributed by atoms with Gasteiger partial charge in [-0.3, -0.25) is 15.1 Å². The van der Waals surface area contributed by atoms with Crippen LogP contribution in [0.3, 0.4) is 0 Å². The standard InChI is InChI=1S/C9H17N6O5P/c10-8-12-4-7-9(11,14-8)15(5-13-7)20-3-1-2-19-6-21(16,17)18/h4-5H,1-3,6,11H2,(H3,10,12,14)(H2,16,17,18). The fourth-order valence-corrected chi connectivity index (χ4v) is 2.02. The lowest BCUT2D eigenvalue weighted by molar-refractivity contribution is -0.145. The van der Waals surface area contributed by atoms with Crippen molar-refractivity contribution in [2.75, 3.05) is 19.6 Å². The summed E-state index contributed by atoms with van der Waals surface area (Å²) in [7, 11) is -4.13. The van der Waals surface area contributed by atoms with Gasteiger partial charge in [0.05, 0.1) is 6.61 Å². The van der Waals surface area contributed by atoms with E-state index in [-0.39, 0.29) is 19.2 Å². The molecule has 21 heavy (non-hydrogen) atoms. The Morgan fingerprint density at radius 2 is 2.24 bits per heavy atom. The van der Waals surface area contributed by atoms with E-state index in [9.17, 15) is 4.57 Å². The summed E-state index contributed by atoms with van der Waals surface area (Å²) in [6, 6.07) is 0. The average Bonchev–Trinajstić information content (AvgIpc) is 2.68. The maximum absolute atomic E-state index is 10.6. The predicted molar refractivity (Wildman–Crippen MR) is 73.5 cm³/mol. The molecule has 2 aliphatic rings. The first-order chi connectivity index (χ1) is 9.81. The van der Waals surface area contributed by atoms with Crippen molar-refractivity contribution < 1.29 is 23.9 Å². The van der Waals surface area contributed by atoms with E-state index in [0.29, 0.717) is 12.1 Å². The van der Waals surface area contributed by atoms with Crippen molar-refractivity contribution in [2.24, 2.45) is 21.5 Å². The van der Waals surface area contributed by atoms with Gasteiger partial charge in [-0.05, 0) is 6.42 Å². The number of aliphatic imine (C=N–C) groups is 2. The fraction of sp³-hybridized carbons (Fsp3) is 0.556. The van der Waals surface area contributed by atoms with Crippen molar-refractivity contribution in [1.29, 1.82) is 0 Å². The highest BCUT2D eigenvalue weighted by molar-refractivity contribution is 7.51. The Hall–Kier alpha value is -1.49. The van der Waals surface area contributed by atoms with Crippen LogP contribution in [0.4, 0.5) is 0 Å². The number of hydrogen-bond donors (Lipinski definition) is 5. The van der Waals surface area contributed by atoms with Gasteiger partial charge in [-0.1, -0.05) is 0 Å². The minimum Gasteiger partial charge on any atom is -0.370 e. The van der Waals surface area contributed by atoms with Gasteiger partial charge in [0.15, 0.2) is 5.96 Å². The molecule has 2 rings (SSSR count). The first kappa shape index (κ1) is 15.9. The smallest absolute Gasteiger partial charge is 0.350 e. The molecule has 1 unspecified atom stereocenters. The molecule has 118 valence electrons. The quantitative estimate of drug-likeness (QED) is 0.268. The molecule has 0 aromatic heterocycles. The first-order valence-electron chi connectivity index (χ1n) is 6.01. The van der Waals surface area contributed by atoms with E-state index in [0.717, 1.165) is 0 Å². The maximum Gasteiger partial charge on any atom is 0.350 e. The number of fused-ring (bicyclic) bond motifs is 1. The molecule has 2 aliphatic heterocycles. The van der Waals surface area contributed by atoms with E-state index in [2.05, 4.69) is 15.3 Å². The third kappa shape index (κ3) is 4.00. The molecule has 0 amide bonds. The van der Waals surface area contributed by atoms with Gasteiger partial charge in [-0.15, -0.1) is 0 Å². The molecule has 11 nitrogen and oxygen atoms in total. The zero-order valence-electron chi connectivity index (χ0n) is 11.0. The molecule has 0 aromatic carbocycles. The molecule has 7 N–H and O–H groups in total. The van der Waals surface area contributed by atoms with E-state index >= 15 is 0 Å². The second kappa shape index (κ2) is 6.10. The Kier molecular flexibility index (Phi) is 4.61. The van der Waals surface area contributed by atoms with E-state index < -0.39 is 19.7 Å². The molecule has 12 heteroatoms. The van der Waals surface area contributed by atoms with Crippen LogP contribution in [-0.4, -0.2) is 52.5 Å². The second-order valence-corrected chi connectivity index (χ2v) is 5.94. The van der Waals surface area contributed by atoms with E-state index in [1.807, 2.05) is 0 Å². The topological polar surface area (TPSA) is 168 Å². The molecule has 1 atom stereocenters. The number of nitrogens with zero attached hydrogens (tertiary/aromatic N) is 3. The van der Waals surface area contributed by atoms with Gasteiger partial charge in [0.2, 0.25) is 0 Å². The lowest BCUT2D eigenvalue weighted by atomic mass is 10.2. The minimum atomic E-state index is -4.13. The van der Waals surface area contributed by atoms with Crippen molar-refractivity contribution in [2.45, 2.75) is 12.2 Å². The molecule has 0 fully saturated rings. The Balaban J connectivity index is 1.75. The number of hydroxylamine groups is 2. The van der Waals surface area contributed by atoms with Gasteiger partial charge >= 0.3 is 7.60 Å². The number of guanidine groups is 1. The summed E-state index contributed by atoms with van der Waals surface area (Å²) in [5, 5.41) is 3.95. The molecule has 0 aliphatic carbocycles. The third-order valence-electron chi connectivity index (χ3n) is 2.59. The van der Waals surface area contributed by atoms with Gasteiger partial charge in [0, 0.05) is 12.8 Å². The Morgan fingerprint density at radius 1 is 1.48 bits per heavy atom. The van der Waals surface area contributed by atoms with Gasteiger partial charge in [0.25, 0.3) is 5.79 Å². The highest BCUT2D eigenvalue weighted by atomic mass is 31.2. The van der Waals surface area contributed by atoms with Gasteiger partial charge in [-0.2, -0.15) is 5.06 Å². The summed E-state index contributed by atoms with van der Waals surface area (Å²) in [4.78, 5) is 30.7. The van der Waals surface area contributed by atoms with Crippen LogP contribution in [0.5, 0.6) is 0 Å². The predicted octanol–water partition coefficient (Wildman–Crippen LogP) is -1.82. The van der Waals surface area contributed by atoms with Crippen LogP contribution < -0.4 is 16.8 Å². The summed E-state index contributed by atoms with van der Waals surface area (Å²) in [6.45, 7) is 0.353. The Morgan fingerprint density at radius 3 is 2.95 bits per heavy atom. The monoisotopic (exact) mass is 320 g/mol. The first-order valence-corrected chi connectivity index (χ1v) is 7.81. The van der Waals surface area contributed by atoms with Crippen LogP contribution in [0.2, 0.25) is 0 Å². The van der Waals surface area contributed by atoms with Crippen molar-refractivity contribution in [3.05, 3.63) is 11.9 Å². The number of nitrogens with two attached hydrogens (primary N) is 2. The molecular weight excluding hydrogens is 303 g/mol. The molecule has 0 bridgehead atoms. The van der Waals surface area contributed by atoms with E-state index in [1.165, 1.54) is 17.6 Å². The van der Waals surface area contributed by atoms with Crippen molar-refractivity contribution >= 4 is 19.9 Å². The van der Waals surface area contributed by atoms with Crippen LogP contribution in [0.15, 0.2) is 21.9 Å². The maximum atomic E-state index is 10.6. The van der Waals surface area contributed by atoms with Crippen molar-refractivity contribution in [3.8, 4) is 0 Å². The summed E-state index contributed by atoms with van der Waals surface area (Å²) < 4.78 is 15.4. The largest absolute Gasteiger partial charge is 0.370 e. The lowest BCUT2D eigenvalue weighted by Gasteiger charge is -2.32. The molecule has 0 spiro atoms. The van der Waals surface area contributed by atoms with Crippen LogP contribution in [0, 0.1) is 0 Å². The highest BCUT2D eigenvalue weighted by Crippen LogP contribution is 2.33. The summed E-state index contributed by atoms with van der Waals surface area (Å²) in [5.74, 6) is -1.16. The fourth-order valence-electron chi connectivity index (χ4n) is 1.66. The van der Waals surface area contributed by atoms with Crippen LogP contribution >= 0.6 is 7.60 Å². The number of nitrogens with one attached hydrogen (secondary N) is 1. The number of hydrogen-bond acceptors (Lipinski definition) is 9. The van der Waals surface area contributed by atoms with E-state index in [1.54, 1.807) is 0 Å². The van der Waals surface area contributed by atoms with Crippen LogP contribution in [-0.2, 0) is 14.1 Å². The van der Waals surface area contributed by atoms with Crippen LogP contribution in [0.25, 0.3) is 0 Å².